The molecule has 0 radical (unpaired) electrons. The van der Waals surface area contributed by atoms with Gasteiger partial charge in [-0.2, -0.15) is 0 Å². The molecule has 2 heterocycles. The Balaban J connectivity index is 0.00000264. The molecule has 5 nitrogen and oxygen atoms in total. The highest BCUT2D eigenvalue weighted by Crippen LogP contribution is 2.10. The van der Waals surface area contributed by atoms with E-state index >= 15 is 0 Å². The van der Waals surface area contributed by atoms with Crippen molar-refractivity contribution < 1.29 is 0 Å². The number of hydrogen-bond donors (Lipinski definition) is 1. The van der Waals surface area contributed by atoms with E-state index in [4.69, 9.17) is 11.6 Å². The largest absolute Gasteiger partial charge is 0.356 e. The van der Waals surface area contributed by atoms with Gasteiger partial charge in [-0.1, -0.05) is 17.7 Å². The average Bonchev–Trinajstić information content (AvgIpc) is 2.90. The molecular formula is C15H21ClIN5S. The molecule has 0 unspecified atom stereocenters. The van der Waals surface area contributed by atoms with Crippen LogP contribution in [0.4, 0.5) is 0 Å². The number of thiazole rings is 1. The summed E-state index contributed by atoms with van der Waals surface area (Å²) in [6.45, 7) is 3.55. The average molecular weight is 466 g/mol. The highest BCUT2D eigenvalue weighted by Gasteiger charge is 2.08. The van der Waals surface area contributed by atoms with E-state index in [0.29, 0.717) is 5.15 Å². The van der Waals surface area contributed by atoms with Crippen molar-refractivity contribution in [2.24, 2.45) is 4.99 Å². The predicted molar refractivity (Wildman–Crippen MR) is 108 cm³/mol. The Labute approximate surface area is 163 Å². The Morgan fingerprint density at radius 3 is 2.78 bits per heavy atom. The number of aryl methyl sites for hydroxylation is 1. The van der Waals surface area contributed by atoms with Crippen molar-refractivity contribution in [2.75, 3.05) is 20.6 Å². The van der Waals surface area contributed by atoms with Crippen LogP contribution in [0.1, 0.15) is 16.3 Å². The van der Waals surface area contributed by atoms with E-state index in [9.17, 15) is 0 Å². The minimum atomic E-state index is 0. The van der Waals surface area contributed by atoms with Crippen molar-refractivity contribution in [3.05, 3.63) is 45.1 Å². The minimum absolute atomic E-state index is 0. The first-order chi connectivity index (χ1) is 10.6. The zero-order valence-corrected chi connectivity index (χ0v) is 17.3. The Morgan fingerprint density at radius 1 is 1.43 bits per heavy atom. The number of nitrogens with one attached hydrogen (secondary N) is 1. The fourth-order valence-corrected chi connectivity index (χ4v) is 2.77. The first kappa shape index (κ1) is 20.1. The third kappa shape index (κ3) is 6.60. The van der Waals surface area contributed by atoms with Gasteiger partial charge in [0.25, 0.3) is 0 Å². The van der Waals surface area contributed by atoms with Crippen LogP contribution in [0, 0.1) is 6.92 Å². The van der Waals surface area contributed by atoms with Gasteiger partial charge in [0.15, 0.2) is 5.96 Å². The van der Waals surface area contributed by atoms with Gasteiger partial charge in [-0.05, 0) is 25.0 Å². The molecule has 0 spiro atoms. The minimum Gasteiger partial charge on any atom is -0.356 e. The monoisotopic (exact) mass is 465 g/mol. The van der Waals surface area contributed by atoms with Gasteiger partial charge in [-0.15, -0.1) is 35.3 Å². The van der Waals surface area contributed by atoms with Crippen LogP contribution in [0.2, 0.25) is 5.15 Å². The molecule has 126 valence electrons. The van der Waals surface area contributed by atoms with Gasteiger partial charge in [-0.3, -0.25) is 4.99 Å². The summed E-state index contributed by atoms with van der Waals surface area (Å²) in [7, 11) is 3.79. The Morgan fingerprint density at radius 2 is 2.22 bits per heavy atom. The molecule has 0 aromatic carbocycles. The van der Waals surface area contributed by atoms with Crippen LogP contribution < -0.4 is 5.32 Å². The first-order valence-corrected chi connectivity index (χ1v) is 8.27. The van der Waals surface area contributed by atoms with Gasteiger partial charge in [0.2, 0.25) is 0 Å². The van der Waals surface area contributed by atoms with Crippen LogP contribution in [0.3, 0.4) is 0 Å². The normalized spacial score (nSPS) is 11.0. The van der Waals surface area contributed by atoms with Crippen LogP contribution in [-0.2, 0) is 13.0 Å². The zero-order valence-electron chi connectivity index (χ0n) is 13.4. The topological polar surface area (TPSA) is 53.4 Å². The van der Waals surface area contributed by atoms with E-state index in [1.165, 1.54) is 0 Å². The number of pyridine rings is 1. The van der Waals surface area contributed by atoms with Crippen molar-refractivity contribution in [1.82, 2.24) is 20.2 Å². The van der Waals surface area contributed by atoms with Gasteiger partial charge in [0, 0.05) is 32.2 Å². The van der Waals surface area contributed by atoms with Gasteiger partial charge in [0.05, 0.1) is 17.2 Å². The highest BCUT2D eigenvalue weighted by atomic mass is 127. The fourth-order valence-electron chi connectivity index (χ4n) is 2.06. The molecular weight excluding hydrogens is 445 g/mol. The molecule has 8 heteroatoms. The summed E-state index contributed by atoms with van der Waals surface area (Å²) in [5.41, 5.74) is 2.21. The number of rotatable bonds is 5. The van der Waals surface area contributed by atoms with Crippen molar-refractivity contribution in [3.63, 3.8) is 0 Å². The maximum atomic E-state index is 5.78. The Hall–Kier alpha value is -0.930. The molecule has 2 aromatic rings. The molecule has 0 saturated heterocycles. The summed E-state index contributed by atoms with van der Waals surface area (Å²) in [6, 6.07) is 3.80. The summed E-state index contributed by atoms with van der Waals surface area (Å²) in [6.07, 6.45) is 2.67. The molecule has 0 aliphatic carbocycles. The lowest BCUT2D eigenvalue weighted by Gasteiger charge is -2.21. The molecule has 0 amide bonds. The fraction of sp³-hybridized carbons (Fsp3) is 0.400. The van der Waals surface area contributed by atoms with Crippen molar-refractivity contribution in [2.45, 2.75) is 19.9 Å². The second-order valence-corrected chi connectivity index (χ2v) is 6.38. The molecule has 0 fully saturated rings. The van der Waals surface area contributed by atoms with Crippen molar-refractivity contribution in [3.8, 4) is 0 Å². The molecule has 0 bridgehead atoms. The quantitative estimate of drug-likeness (QED) is 0.318. The van der Waals surface area contributed by atoms with Crippen LogP contribution in [0.15, 0.2) is 28.7 Å². The number of aromatic nitrogens is 2. The third-order valence-electron chi connectivity index (χ3n) is 3.12. The maximum Gasteiger partial charge on any atom is 0.193 e. The summed E-state index contributed by atoms with van der Waals surface area (Å²) < 4.78 is 0. The molecule has 23 heavy (non-hydrogen) atoms. The molecule has 0 aliphatic heterocycles. The second-order valence-electron chi connectivity index (χ2n) is 4.93. The van der Waals surface area contributed by atoms with E-state index in [1.807, 2.05) is 26.1 Å². The molecule has 0 saturated carbocycles. The van der Waals surface area contributed by atoms with Gasteiger partial charge >= 0.3 is 0 Å². The Kier molecular flexibility index (Phi) is 8.78. The lowest BCUT2D eigenvalue weighted by Crippen LogP contribution is -2.39. The second kappa shape index (κ2) is 10.0. The summed E-state index contributed by atoms with van der Waals surface area (Å²) in [5, 5.41) is 7.04. The lowest BCUT2D eigenvalue weighted by atomic mass is 10.2. The first-order valence-electron chi connectivity index (χ1n) is 7.01. The molecule has 0 atom stereocenters. The van der Waals surface area contributed by atoms with E-state index in [-0.39, 0.29) is 24.0 Å². The molecule has 0 aliphatic rings. The van der Waals surface area contributed by atoms with Gasteiger partial charge < -0.3 is 10.2 Å². The Bertz CT molecular complexity index is 629. The van der Waals surface area contributed by atoms with E-state index in [1.54, 1.807) is 24.6 Å². The van der Waals surface area contributed by atoms with Crippen LogP contribution in [0.5, 0.6) is 0 Å². The van der Waals surface area contributed by atoms with Gasteiger partial charge in [-0.25, -0.2) is 9.97 Å². The lowest BCUT2D eigenvalue weighted by molar-refractivity contribution is 0.471. The van der Waals surface area contributed by atoms with Gasteiger partial charge in [0.1, 0.15) is 5.15 Å². The molecule has 2 aromatic heterocycles. The van der Waals surface area contributed by atoms with Crippen molar-refractivity contribution in [1.29, 1.82) is 0 Å². The number of guanidine groups is 1. The molecule has 2 rings (SSSR count). The number of aliphatic imine (C=N–C) groups is 1. The van der Waals surface area contributed by atoms with Crippen molar-refractivity contribution >= 4 is 52.9 Å². The van der Waals surface area contributed by atoms with E-state index < -0.39 is 0 Å². The molecule has 1 N–H and O–H groups in total. The number of hydrogen-bond acceptors (Lipinski definition) is 4. The van der Waals surface area contributed by atoms with Crippen LogP contribution >= 0.6 is 46.9 Å². The summed E-state index contributed by atoms with van der Waals surface area (Å²) in [5.74, 6) is 0.854. The predicted octanol–water partition coefficient (Wildman–Crippen LogP) is 3.37. The number of halogens is 2. The maximum absolute atomic E-state index is 5.78. The standard InChI is InChI=1S/C15H20ClN5S.HI/c1-11-20-13(10-22-11)9-21(3)15(17-2)18-7-6-12-4-5-14(16)19-8-12;/h4-5,8,10H,6-7,9H2,1-3H3,(H,17,18);1H. The summed E-state index contributed by atoms with van der Waals surface area (Å²) >= 11 is 7.45. The van der Waals surface area contributed by atoms with E-state index in [2.05, 4.69) is 30.6 Å². The highest BCUT2D eigenvalue weighted by molar-refractivity contribution is 14.0. The number of nitrogens with zero attached hydrogens (tertiary/aromatic N) is 4. The van der Waals surface area contributed by atoms with Crippen LogP contribution in [-0.4, -0.2) is 41.5 Å². The summed E-state index contributed by atoms with van der Waals surface area (Å²) in [4.78, 5) is 14.9. The zero-order chi connectivity index (χ0) is 15.9. The van der Waals surface area contributed by atoms with Crippen LogP contribution in [0.25, 0.3) is 0 Å². The van der Waals surface area contributed by atoms with E-state index in [0.717, 1.165) is 41.7 Å². The third-order valence-corrected chi connectivity index (χ3v) is 4.17. The SMILES string of the molecule is CN=C(NCCc1ccc(Cl)nc1)N(C)Cc1csc(C)n1.I. The smallest absolute Gasteiger partial charge is 0.193 e.